The summed E-state index contributed by atoms with van der Waals surface area (Å²) >= 11 is 0. The Bertz CT molecular complexity index is 607. The van der Waals surface area contributed by atoms with Crippen LogP contribution in [0.1, 0.15) is 40.7 Å². The standard InChI is InChI=1S/C15H17N3O2/c1-10-4-5-13-12(7-10)14(18-20-13)15(19)17-9-11-3-2-6-16-8-11/h2-3,6,8,10H,4-5,7,9H2,1H3,(H,17,19)/t10-/m0/s1. The molecule has 0 saturated carbocycles. The molecule has 0 aromatic carbocycles. The Kier molecular flexibility index (Phi) is 3.50. The van der Waals surface area contributed by atoms with Gasteiger partial charge in [0.05, 0.1) is 0 Å². The van der Waals surface area contributed by atoms with Crippen LogP contribution in [0.25, 0.3) is 0 Å². The molecular formula is C15H17N3O2. The van der Waals surface area contributed by atoms with Crippen LogP contribution < -0.4 is 5.32 Å². The fraction of sp³-hybridized carbons (Fsp3) is 0.400. The molecule has 20 heavy (non-hydrogen) atoms. The van der Waals surface area contributed by atoms with E-state index in [-0.39, 0.29) is 5.91 Å². The molecule has 2 aromatic rings. The van der Waals surface area contributed by atoms with Gasteiger partial charge in [-0.05, 0) is 30.4 Å². The number of carbonyl (C=O) groups excluding carboxylic acids is 1. The summed E-state index contributed by atoms with van der Waals surface area (Å²) in [5, 5.41) is 6.81. The van der Waals surface area contributed by atoms with Gasteiger partial charge in [-0.3, -0.25) is 9.78 Å². The highest BCUT2D eigenvalue weighted by Crippen LogP contribution is 2.27. The van der Waals surface area contributed by atoms with Crippen molar-refractivity contribution >= 4 is 5.91 Å². The van der Waals surface area contributed by atoms with E-state index in [0.717, 1.165) is 36.1 Å². The van der Waals surface area contributed by atoms with Crippen molar-refractivity contribution < 1.29 is 9.32 Å². The van der Waals surface area contributed by atoms with E-state index >= 15 is 0 Å². The number of pyridine rings is 1. The maximum Gasteiger partial charge on any atom is 0.274 e. The van der Waals surface area contributed by atoms with Crippen LogP contribution in [-0.2, 0) is 19.4 Å². The Labute approximate surface area is 117 Å². The molecule has 5 heteroatoms. The Balaban J connectivity index is 1.70. The lowest BCUT2D eigenvalue weighted by atomic mass is 9.88. The van der Waals surface area contributed by atoms with Crippen LogP contribution in [0, 0.1) is 5.92 Å². The molecule has 1 N–H and O–H groups in total. The predicted molar refractivity (Wildman–Crippen MR) is 73.1 cm³/mol. The van der Waals surface area contributed by atoms with E-state index in [1.807, 2.05) is 12.1 Å². The van der Waals surface area contributed by atoms with E-state index in [1.54, 1.807) is 12.4 Å². The molecule has 1 aliphatic rings. The lowest BCUT2D eigenvalue weighted by Gasteiger charge is -2.16. The van der Waals surface area contributed by atoms with Gasteiger partial charge in [0, 0.05) is 30.9 Å². The summed E-state index contributed by atoms with van der Waals surface area (Å²) in [7, 11) is 0. The van der Waals surface area contributed by atoms with Gasteiger partial charge in [-0.1, -0.05) is 18.1 Å². The minimum atomic E-state index is -0.173. The van der Waals surface area contributed by atoms with Gasteiger partial charge in [-0.15, -0.1) is 0 Å². The summed E-state index contributed by atoms with van der Waals surface area (Å²) < 4.78 is 5.29. The van der Waals surface area contributed by atoms with Crippen molar-refractivity contribution in [2.45, 2.75) is 32.7 Å². The molecule has 2 heterocycles. The fourth-order valence-corrected chi connectivity index (χ4v) is 2.53. The number of nitrogens with zero attached hydrogens (tertiary/aromatic N) is 2. The molecular weight excluding hydrogens is 254 g/mol. The SMILES string of the molecule is C[C@H]1CCc2onc(C(=O)NCc3cccnc3)c2C1. The molecule has 0 fully saturated rings. The second kappa shape index (κ2) is 5.45. The van der Waals surface area contributed by atoms with Crippen molar-refractivity contribution in [1.29, 1.82) is 0 Å². The van der Waals surface area contributed by atoms with E-state index < -0.39 is 0 Å². The summed E-state index contributed by atoms with van der Waals surface area (Å²) in [5.74, 6) is 1.27. The molecule has 0 aliphatic heterocycles. The minimum Gasteiger partial charge on any atom is -0.360 e. The van der Waals surface area contributed by atoms with Crippen molar-refractivity contribution in [2.24, 2.45) is 5.92 Å². The number of hydrogen-bond acceptors (Lipinski definition) is 4. The number of hydrogen-bond donors (Lipinski definition) is 1. The van der Waals surface area contributed by atoms with Crippen LogP contribution >= 0.6 is 0 Å². The molecule has 0 spiro atoms. The zero-order valence-corrected chi connectivity index (χ0v) is 11.4. The second-order valence-corrected chi connectivity index (χ2v) is 5.32. The van der Waals surface area contributed by atoms with Crippen LogP contribution in [0.2, 0.25) is 0 Å². The highest BCUT2D eigenvalue weighted by atomic mass is 16.5. The summed E-state index contributed by atoms with van der Waals surface area (Å²) in [4.78, 5) is 16.2. The van der Waals surface area contributed by atoms with Gasteiger partial charge in [0.15, 0.2) is 5.69 Å². The third-order valence-corrected chi connectivity index (χ3v) is 3.68. The van der Waals surface area contributed by atoms with Crippen molar-refractivity contribution in [1.82, 2.24) is 15.5 Å². The molecule has 0 bridgehead atoms. The Morgan fingerprint density at radius 3 is 3.25 bits per heavy atom. The molecule has 0 radical (unpaired) electrons. The monoisotopic (exact) mass is 271 g/mol. The van der Waals surface area contributed by atoms with Crippen molar-refractivity contribution in [3.8, 4) is 0 Å². The lowest BCUT2D eigenvalue weighted by molar-refractivity contribution is 0.0941. The second-order valence-electron chi connectivity index (χ2n) is 5.32. The highest BCUT2D eigenvalue weighted by Gasteiger charge is 2.26. The summed E-state index contributed by atoms with van der Waals surface area (Å²) in [6, 6.07) is 3.77. The Morgan fingerprint density at radius 2 is 2.45 bits per heavy atom. The van der Waals surface area contributed by atoms with Gasteiger partial charge in [0.2, 0.25) is 0 Å². The number of rotatable bonds is 3. The molecule has 1 amide bonds. The van der Waals surface area contributed by atoms with Gasteiger partial charge in [0.25, 0.3) is 5.91 Å². The zero-order chi connectivity index (χ0) is 13.9. The van der Waals surface area contributed by atoms with Gasteiger partial charge < -0.3 is 9.84 Å². The quantitative estimate of drug-likeness (QED) is 0.928. The normalized spacial score (nSPS) is 17.6. The molecule has 3 rings (SSSR count). The fourth-order valence-electron chi connectivity index (χ4n) is 2.53. The van der Waals surface area contributed by atoms with Crippen LogP contribution in [-0.4, -0.2) is 16.0 Å². The number of carbonyl (C=O) groups is 1. The topological polar surface area (TPSA) is 68.0 Å². The largest absolute Gasteiger partial charge is 0.360 e. The zero-order valence-electron chi connectivity index (χ0n) is 11.4. The Morgan fingerprint density at radius 1 is 1.55 bits per heavy atom. The first-order valence-electron chi connectivity index (χ1n) is 6.88. The van der Waals surface area contributed by atoms with Crippen molar-refractivity contribution in [2.75, 3.05) is 0 Å². The van der Waals surface area contributed by atoms with Crippen LogP contribution in [0.3, 0.4) is 0 Å². The number of aryl methyl sites for hydroxylation is 1. The van der Waals surface area contributed by atoms with E-state index in [9.17, 15) is 4.79 Å². The van der Waals surface area contributed by atoms with Gasteiger partial charge in [-0.2, -0.15) is 0 Å². The average Bonchev–Trinajstić information content (AvgIpc) is 2.89. The van der Waals surface area contributed by atoms with Gasteiger partial charge >= 0.3 is 0 Å². The third kappa shape index (κ3) is 2.57. The molecule has 2 aromatic heterocycles. The highest BCUT2D eigenvalue weighted by molar-refractivity contribution is 5.93. The smallest absolute Gasteiger partial charge is 0.274 e. The summed E-state index contributed by atoms with van der Waals surface area (Å²) in [6.07, 6.45) is 6.29. The number of nitrogens with one attached hydrogen (secondary N) is 1. The molecule has 1 atom stereocenters. The van der Waals surface area contributed by atoms with E-state index in [4.69, 9.17) is 4.52 Å². The van der Waals surface area contributed by atoms with Gasteiger partial charge in [-0.25, -0.2) is 0 Å². The van der Waals surface area contributed by atoms with Crippen LogP contribution in [0.15, 0.2) is 29.0 Å². The predicted octanol–water partition coefficient (Wildman–Crippen LogP) is 2.12. The summed E-state index contributed by atoms with van der Waals surface area (Å²) in [6.45, 7) is 2.64. The number of amides is 1. The maximum atomic E-state index is 12.2. The maximum absolute atomic E-state index is 12.2. The Hall–Kier alpha value is -2.17. The van der Waals surface area contributed by atoms with Crippen LogP contribution in [0.4, 0.5) is 0 Å². The number of fused-ring (bicyclic) bond motifs is 1. The third-order valence-electron chi connectivity index (χ3n) is 3.68. The first-order chi connectivity index (χ1) is 9.74. The molecule has 0 unspecified atom stereocenters. The number of aromatic nitrogens is 2. The minimum absolute atomic E-state index is 0.173. The molecule has 5 nitrogen and oxygen atoms in total. The van der Waals surface area contributed by atoms with Crippen molar-refractivity contribution in [3.63, 3.8) is 0 Å². The average molecular weight is 271 g/mol. The van der Waals surface area contributed by atoms with Gasteiger partial charge in [0.1, 0.15) is 5.76 Å². The first kappa shape index (κ1) is 12.8. The van der Waals surface area contributed by atoms with E-state index in [0.29, 0.717) is 18.2 Å². The van der Waals surface area contributed by atoms with E-state index in [1.165, 1.54) is 0 Å². The first-order valence-corrected chi connectivity index (χ1v) is 6.88. The lowest BCUT2D eigenvalue weighted by Crippen LogP contribution is -2.25. The molecule has 0 saturated heterocycles. The molecule has 1 aliphatic carbocycles. The van der Waals surface area contributed by atoms with Crippen molar-refractivity contribution in [3.05, 3.63) is 47.1 Å². The van der Waals surface area contributed by atoms with Crippen LogP contribution in [0.5, 0.6) is 0 Å². The van der Waals surface area contributed by atoms with E-state index in [2.05, 4.69) is 22.4 Å². The molecule has 104 valence electrons. The summed E-state index contributed by atoms with van der Waals surface area (Å²) in [5.41, 5.74) is 2.38.